The Morgan fingerprint density at radius 1 is 0.839 bits per heavy atom. The highest BCUT2D eigenvalue weighted by Gasteiger charge is 2.69. The van der Waals surface area contributed by atoms with E-state index in [-0.39, 0.29) is 6.10 Å². The molecule has 6 rings (SSSR count). The highest BCUT2D eigenvalue weighted by Crippen LogP contribution is 2.71. The molecule has 4 heteroatoms. The molecule has 4 aliphatic carbocycles. The molecule has 12 atom stereocenters. The van der Waals surface area contributed by atoms with E-state index in [4.69, 9.17) is 9.47 Å². The van der Waals surface area contributed by atoms with Crippen LogP contribution in [0.2, 0.25) is 0 Å². The lowest BCUT2D eigenvalue weighted by Gasteiger charge is -2.61. The molecule has 0 aromatic carbocycles. The molecule has 0 amide bonds. The molecule has 0 radical (unpaired) electrons. The maximum atomic E-state index is 10.4. The fourth-order valence-corrected chi connectivity index (χ4v) is 10.2. The highest BCUT2D eigenvalue weighted by molar-refractivity contribution is 5.15. The number of hydrogen-bond donors (Lipinski definition) is 2. The van der Waals surface area contributed by atoms with Crippen molar-refractivity contribution < 1.29 is 19.7 Å². The molecule has 0 aromatic rings. The summed E-state index contributed by atoms with van der Waals surface area (Å²) in [5.41, 5.74) is 0.0839. The van der Waals surface area contributed by atoms with E-state index in [9.17, 15) is 10.2 Å². The molecule has 12 unspecified atom stereocenters. The standard InChI is InChI=1S/C27H44O4/c1-16-23-22(31-27(16)12-11-24(2,29)15-30-27)14-21-19-6-5-17-13-18(28)7-9-25(17,3)20(19)8-10-26(21,23)4/h16-23,28-29H,5-15H2,1-4H3. The van der Waals surface area contributed by atoms with Gasteiger partial charge in [0.1, 0.15) is 0 Å². The second kappa shape index (κ2) is 6.71. The van der Waals surface area contributed by atoms with Crippen LogP contribution in [0.3, 0.4) is 0 Å². The third-order valence-corrected chi connectivity index (χ3v) is 11.9. The molecule has 6 aliphatic rings. The zero-order chi connectivity index (χ0) is 21.8. The lowest BCUT2D eigenvalue weighted by molar-refractivity contribution is -0.294. The Hall–Kier alpha value is -0.160. The van der Waals surface area contributed by atoms with Crippen molar-refractivity contribution in [2.45, 2.75) is 115 Å². The molecular weight excluding hydrogens is 388 g/mol. The molecule has 2 saturated heterocycles. The first-order valence-electron chi connectivity index (χ1n) is 13.3. The third-order valence-electron chi connectivity index (χ3n) is 11.9. The Labute approximate surface area is 188 Å². The van der Waals surface area contributed by atoms with Gasteiger partial charge in [0.15, 0.2) is 5.79 Å². The number of fused-ring (bicyclic) bond motifs is 7. The molecule has 2 heterocycles. The molecule has 0 bridgehead atoms. The third kappa shape index (κ3) is 2.87. The minimum absolute atomic E-state index is 0.0592. The summed E-state index contributed by atoms with van der Waals surface area (Å²) in [5.74, 6) is 3.69. The molecular formula is C27H44O4. The van der Waals surface area contributed by atoms with Crippen molar-refractivity contribution >= 4 is 0 Å². The summed E-state index contributed by atoms with van der Waals surface area (Å²) >= 11 is 0. The number of rotatable bonds is 0. The van der Waals surface area contributed by atoms with Gasteiger partial charge >= 0.3 is 0 Å². The minimum atomic E-state index is -0.710. The quantitative estimate of drug-likeness (QED) is 0.571. The smallest absolute Gasteiger partial charge is 0.171 e. The Balaban J connectivity index is 1.25. The fraction of sp³-hybridized carbons (Fsp3) is 1.00. The fourth-order valence-electron chi connectivity index (χ4n) is 10.2. The average molecular weight is 433 g/mol. The molecule has 4 nitrogen and oxygen atoms in total. The van der Waals surface area contributed by atoms with Crippen LogP contribution in [0.15, 0.2) is 0 Å². The van der Waals surface area contributed by atoms with Gasteiger partial charge in [-0.15, -0.1) is 0 Å². The number of hydrogen-bond acceptors (Lipinski definition) is 4. The monoisotopic (exact) mass is 432 g/mol. The van der Waals surface area contributed by atoms with Crippen molar-refractivity contribution in [1.82, 2.24) is 0 Å². The summed E-state index contributed by atoms with van der Waals surface area (Å²) < 4.78 is 13.2. The van der Waals surface area contributed by atoms with Crippen LogP contribution in [-0.4, -0.2) is 40.4 Å². The summed E-state index contributed by atoms with van der Waals surface area (Å²) in [6, 6.07) is 0. The summed E-state index contributed by atoms with van der Waals surface area (Å²) in [4.78, 5) is 0. The lowest BCUT2D eigenvalue weighted by Crippen LogP contribution is -2.55. The van der Waals surface area contributed by atoms with E-state index in [2.05, 4.69) is 20.8 Å². The van der Waals surface area contributed by atoms with Crippen molar-refractivity contribution in [2.24, 2.45) is 46.3 Å². The first-order chi connectivity index (χ1) is 14.6. The van der Waals surface area contributed by atoms with Gasteiger partial charge in [0, 0.05) is 12.3 Å². The lowest BCUT2D eigenvalue weighted by atomic mass is 9.44. The zero-order valence-electron chi connectivity index (χ0n) is 20.1. The van der Waals surface area contributed by atoms with E-state index in [0.717, 1.165) is 49.4 Å². The normalized spacial score (nSPS) is 63.3. The molecule has 2 aliphatic heterocycles. The maximum Gasteiger partial charge on any atom is 0.171 e. The van der Waals surface area contributed by atoms with Crippen LogP contribution in [0.25, 0.3) is 0 Å². The van der Waals surface area contributed by atoms with Crippen LogP contribution in [-0.2, 0) is 9.47 Å². The Morgan fingerprint density at radius 3 is 2.35 bits per heavy atom. The minimum Gasteiger partial charge on any atom is -0.393 e. The van der Waals surface area contributed by atoms with Crippen LogP contribution in [0.4, 0.5) is 0 Å². The second-order valence-corrected chi connectivity index (χ2v) is 13.4. The predicted octanol–water partition coefficient (Wildman–Crippen LogP) is 4.91. The molecule has 1 spiro atoms. The van der Waals surface area contributed by atoms with E-state index in [0.29, 0.717) is 35.4 Å². The number of ether oxygens (including phenoxy) is 2. The summed E-state index contributed by atoms with van der Waals surface area (Å²) in [6.45, 7) is 9.84. The summed E-state index contributed by atoms with van der Waals surface area (Å²) in [6.07, 6.45) is 11.7. The SMILES string of the molecule is CC1C2C(CC3C4CCC5CC(O)CCC5(C)C4CCC32C)OC12CCC(C)(O)CO2. The molecule has 31 heavy (non-hydrogen) atoms. The molecule has 176 valence electrons. The van der Waals surface area contributed by atoms with Crippen molar-refractivity contribution in [1.29, 1.82) is 0 Å². The van der Waals surface area contributed by atoms with E-state index < -0.39 is 11.4 Å². The highest BCUT2D eigenvalue weighted by atomic mass is 16.7. The van der Waals surface area contributed by atoms with Gasteiger partial charge in [0.2, 0.25) is 0 Å². The van der Waals surface area contributed by atoms with Gasteiger partial charge in [-0.25, -0.2) is 0 Å². The van der Waals surface area contributed by atoms with Gasteiger partial charge in [-0.3, -0.25) is 0 Å². The van der Waals surface area contributed by atoms with E-state index in [1.165, 1.54) is 38.5 Å². The van der Waals surface area contributed by atoms with Crippen molar-refractivity contribution in [3.63, 3.8) is 0 Å². The van der Waals surface area contributed by atoms with Gasteiger partial charge in [-0.2, -0.15) is 0 Å². The van der Waals surface area contributed by atoms with Gasteiger partial charge in [0.05, 0.1) is 24.4 Å². The van der Waals surface area contributed by atoms with Gasteiger partial charge in [-0.1, -0.05) is 20.8 Å². The summed E-state index contributed by atoms with van der Waals surface area (Å²) in [5, 5.41) is 20.7. The van der Waals surface area contributed by atoms with Crippen molar-refractivity contribution in [3.8, 4) is 0 Å². The number of aliphatic hydroxyl groups is 2. The first kappa shape index (κ1) is 21.4. The first-order valence-corrected chi connectivity index (χ1v) is 13.3. The van der Waals surface area contributed by atoms with Crippen LogP contribution < -0.4 is 0 Å². The van der Waals surface area contributed by atoms with Gasteiger partial charge < -0.3 is 19.7 Å². The predicted molar refractivity (Wildman–Crippen MR) is 119 cm³/mol. The van der Waals surface area contributed by atoms with Gasteiger partial charge in [0.25, 0.3) is 0 Å². The second-order valence-electron chi connectivity index (χ2n) is 13.4. The molecule has 6 fully saturated rings. The van der Waals surface area contributed by atoms with E-state index in [1.807, 2.05) is 6.92 Å². The topological polar surface area (TPSA) is 58.9 Å². The van der Waals surface area contributed by atoms with Crippen LogP contribution in [0.5, 0.6) is 0 Å². The van der Waals surface area contributed by atoms with Crippen molar-refractivity contribution in [3.05, 3.63) is 0 Å². The van der Waals surface area contributed by atoms with Gasteiger partial charge in [-0.05, 0) is 105 Å². The van der Waals surface area contributed by atoms with E-state index in [1.54, 1.807) is 0 Å². The van der Waals surface area contributed by atoms with E-state index >= 15 is 0 Å². The van der Waals surface area contributed by atoms with Crippen LogP contribution in [0.1, 0.15) is 91.9 Å². The Morgan fingerprint density at radius 2 is 1.61 bits per heavy atom. The molecule has 2 N–H and O–H groups in total. The molecule has 4 saturated carbocycles. The summed E-state index contributed by atoms with van der Waals surface area (Å²) in [7, 11) is 0. The average Bonchev–Trinajstić information content (AvgIpc) is 3.16. The molecule has 0 aromatic heterocycles. The zero-order valence-corrected chi connectivity index (χ0v) is 20.1. The van der Waals surface area contributed by atoms with Crippen LogP contribution in [0, 0.1) is 46.3 Å². The Bertz CT molecular complexity index is 725. The number of aliphatic hydroxyl groups excluding tert-OH is 1. The van der Waals surface area contributed by atoms with Crippen LogP contribution >= 0.6 is 0 Å². The Kier molecular flexibility index (Phi) is 4.62. The maximum absolute atomic E-state index is 10.4. The largest absolute Gasteiger partial charge is 0.393 e. The van der Waals surface area contributed by atoms with Crippen molar-refractivity contribution in [2.75, 3.05) is 6.61 Å².